The zero-order chi connectivity index (χ0) is 18.7. The van der Waals surface area contributed by atoms with Gasteiger partial charge in [-0.1, -0.05) is 19.3 Å². The average Bonchev–Trinajstić information content (AvgIpc) is 2.68. The Morgan fingerprint density at radius 1 is 1.04 bits per heavy atom. The molecule has 1 heterocycles. The first-order chi connectivity index (χ1) is 12.4. The third-order valence-corrected chi connectivity index (χ3v) is 7.51. The standard InChI is InChI=1S/C18H28N4O3S.ClH/c1-20(17-5-3-2-4-6-17)26(24,25)22-13-11-21(12-14-22)18(23)15-7-9-16(19)10-8-15;/h7-10,17H,2-6,11-14,19H2,1H3;1H. The molecule has 0 bridgehead atoms. The highest BCUT2D eigenvalue weighted by Crippen LogP contribution is 2.25. The second-order valence-corrected chi connectivity index (χ2v) is 9.12. The summed E-state index contributed by atoms with van der Waals surface area (Å²) >= 11 is 0. The quantitative estimate of drug-likeness (QED) is 0.760. The largest absolute Gasteiger partial charge is 0.399 e. The number of hydrogen-bond donors (Lipinski definition) is 1. The lowest BCUT2D eigenvalue weighted by Gasteiger charge is -2.38. The highest BCUT2D eigenvalue weighted by molar-refractivity contribution is 7.86. The molecule has 7 nitrogen and oxygen atoms in total. The number of carbonyl (C=O) groups excluding carboxylic acids is 1. The Labute approximate surface area is 168 Å². The predicted molar refractivity (Wildman–Crippen MR) is 109 cm³/mol. The summed E-state index contributed by atoms with van der Waals surface area (Å²) in [6, 6.07) is 6.92. The maximum atomic E-state index is 12.9. The van der Waals surface area contributed by atoms with Gasteiger partial charge < -0.3 is 10.6 Å². The second kappa shape index (κ2) is 9.23. The Hall–Kier alpha value is -1.35. The van der Waals surface area contributed by atoms with E-state index in [0.717, 1.165) is 25.7 Å². The first-order valence-electron chi connectivity index (χ1n) is 9.27. The van der Waals surface area contributed by atoms with Crippen LogP contribution in [0.15, 0.2) is 24.3 Å². The smallest absolute Gasteiger partial charge is 0.282 e. The number of rotatable bonds is 4. The summed E-state index contributed by atoms with van der Waals surface area (Å²) in [5, 5.41) is 0. The van der Waals surface area contributed by atoms with Crippen LogP contribution in [0.1, 0.15) is 42.5 Å². The highest BCUT2D eigenvalue weighted by Gasteiger charge is 2.35. The van der Waals surface area contributed by atoms with Crippen molar-refractivity contribution in [2.24, 2.45) is 0 Å². The van der Waals surface area contributed by atoms with E-state index in [2.05, 4.69) is 0 Å². The fraction of sp³-hybridized carbons (Fsp3) is 0.611. The molecule has 9 heteroatoms. The van der Waals surface area contributed by atoms with Crippen LogP contribution in [-0.2, 0) is 10.2 Å². The fourth-order valence-electron chi connectivity index (χ4n) is 3.75. The van der Waals surface area contributed by atoms with E-state index in [9.17, 15) is 13.2 Å². The van der Waals surface area contributed by atoms with E-state index < -0.39 is 10.2 Å². The molecule has 2 N–H and O–H groups in total. The number of carbonyl (C=O) groups is 1. The zero-order valence-electron chi connectivity index (χ0n) is 15.7. The van der Waals surface area contributed by atoms with Gasteiger partial charge in [-0.05, 0) is 37.1 Å². The van der Waals surface area contributed by atoms with Gasteiger partial charge in [-0.3, -0.25) is 4.79 Å². The summed E-state index contributed by atoms with van der Waals surface area (Å²) in [7, 11) is -1.78. The van der Waals surface area contributed by atoms with Gasteiger partial charge in [-0.2, -0.15) is 17.0 Å². The number of nitrogens with two attached hydrogens (primary N) is 1. The molecule has 1 aromatic carbocycles. The minimum Gasteiger partial charge on any atom is -0.399 e. The Morgan fingerprint density at radius 3 is 2.15 bits per heavy atom. The van der Waals surface area contributed by atoms with E-state index >= 15 is 0 Å². The molecule has 0 spiro atoms. The normalized spacial score (nSPS) is 19.7. The SMILES string of the molecule is CN(C1CCCCC1)S(=O)(=O)N1CCN(C(=O)c2ccc(N)cc2)CC1.Cl. The molecule has 3 rings (SSSR count). The third kappa shape index (κ3) is 4.93. The monoisotopic (exact) mass is 416 g/mol. The summed E-state index contributed by atoms with van der Waals surface area (Å²) in [6.07, 6.45) is 5.25. The van der Waals surface area contributed by atoms with Crippen LogP contribution >= 0.6 is 12.4 Å². The molecule has 1 saturated carbocycles. The molecule has 1 aliphatic carbocycles. The van der Waals surface area contributed by atoms with Crippen molar-refractivity contribution < 1.29 is 13.2 Å². The van der Waals surface area contributed by atoms with Crippen molar-refractivity contribution in [2.45, 2.75) is 38.1 Å². The lowest BCUT2D eigenvalue weighted by molar-refractivity contribution is 0.0693. The van der Waals surface area contributed by atoms with E-state index in [1.165, 1.54) is 10.7 Å². The first-order valence-corrected chi connectivity index (χ1v) is 10.7. The van der Waals surface area contributed by atoms with Crippen molar-refractivity contribution in [3.05, 3.63) is 29.8 Å². The van der Waals surface area contributed by atoms with Crippen molar-refractivity contribution in [2.75, 3.05) is 39.0 Å². The molecule has 27 heavy (non-hydrogen) atoms. The average molecular weight is 417 g/mol. The molecule has 1 saturated heterocycles. The van der Waals surface area contributed by atoms with Crippen molar-refractivity contribution in [3.63, 3.8) is 0 Å². The Bertz CT molecular complexity index is 727. The number of hydrogen-bond acceptors (Lipinski definition) is 4. The van der Waals surface area contributed by atoms with Gasteiger partial charge >= 0.3 is 0 Å². The van der Waals surface area contributed by atoms with Gasteiger partial charge in [0.25, 0.3) is 16.1 Å². The maximum Gasteiger partial charge on any atom is 0.282 e. The first kappa shape index (κ1) is 21.9. The number of anilines is 1. The van der Waals surface area contributed by atoms with Crippen molar-refractivity contribution in [1.29, 1.82) is 0 Å². The molecule has 2 aliphatic rings. The van der Waals surface area contributed by atoms with Crippen LogP contribution in [0.5, 0.6) is 0 Å². The number of nitrogen functional groups attached to an aromatic ring is 1. The minimum atomic E-state index is -3.47. The lowest BCUT2D eigenvalue weighted by atomic mass is 9.96. The molecule has 2 fully saturated rings. The summed E-state index contributed by atoms with van der Waals surface area (Å²) in [5.74, 6) is -0.0808. The number of amides is 1. The zero-order valence-corrected chi connectivity index (χ0v) is 17.3. The third-order valence-electron chi connectivity index (χ3n) is 5.46. The van der Waals surface area contributed by atoms with E-state index in [-0.39, 0.29) is 24.4 Å². The number of halogens is 1. The van der Waals surface area contributed by atoms with Gasteiger partial charge in [-0.15, -0.1) is 12.4 Å². The van der Waals surface area contributed by atoms with Gasteiger partial charge in [0.05, 0.1) is 0 Å². The topological polar surface area (TPSA) is 87.0 Å². The second-order valence-electron chi connectivity index (χ2n) is 7.13. The van der Waals surface area contributed by atoms with E-state index in [1.54, 1.807) is 40.5 Å². The summed E-state index contributed by atoms with van der Waals surface area (Å²) < 4.78 is 28.9. The summed E-state index contributed by atoms with van der Waals surface area (Å²) in [4.78, 5) is 14.3. The number of piperazine rings is 1. The minimum absolute atomic E-state index is 0. The number of benzene rings is 1. The van der Waals surface area contributed by atoms with Crippen molar-refractivity contribution in [3.8, 4) is 0 Å². The molecule has 1 amide bonds. The molecule has 0 atom stereocenters. The lowest BCUT2D eigenvalue weighted by Crippen LogP contribution is -2.55. The Kier molecular flexibility index (Phi) is 7.50. The van der Waals surface area contributed by atoms with Gasteiger partial charge in [-0.25, -0.2) is 0 Å². The van der Waals surface area contributed by atoms with Crippen LogP contribution in [-0.4, -0.2) is 67.1 Å². The predicted octanol–water partition coefficient (Wildman–Crippen LogP) is 1.96. The van der Waals surface area contributed by atoms with Crippen molar-refractivity contribution in [1.82, 2.24) is 13.5 Å². The summed E-state index contributed by atoms with van der Waals surface area (Å²) in [6.45, 7) is 1.47. The van der Waals surface area contributed by atoms with Crippen LogP contribution in [0.25, 0.3) is 0 Å². The molecule has 0 unspecified atom stereocenters. The van der Waals surface area contributed by atoms with Gasteiger partial charge in [0.2, 0.25) is 0 Å². The molecular weight excluding hydrogens is 388 g/mol. The van der Waals surface area contributed by atoms with Crippen LogP contribution < -0.4 is 5.73 Å². The van der Waals surface area contributed by atoms with Crippen molar-refractivity contribution >= 4 is 34.2 Å². The van der Waals surface area contributed by atoms with Crippen LogP contribution in [0, 0.1) is 0 Å². The molecule has 1 aromatic rings. The van der Waals surface area contributed by atoms with Gasteiger partial charge in [0.1, 0.15) is 0 Å². The van der Waals surface area contributed by atoms with Crippen LogP contribution in [0.3, 0.4) is 0 Å². The maximum absolute atomic E-state index is 12.9. The highest BCUT2D eigenvalue weighted by atomic mass is 35.5. The van der Waals surface area contributed by atoms with E-state index in [0.29, 0.717) is 37.4 Å². The molecule has 0 aromatic heterocycles. The number of nitrogens with zero attached hydrogens (tertiary/aromatic N) is 3. The van der Waals surface area contributed by atoms with Crippen LogP contribution in [0.4, 0.5) is 5.69 Å². The van der Waals surface area contributed by atoms with E-state index in [1.807, 2.05) is 0 Å². The fourth-order valence-corrected chi connectivity index (χ4v) is 5.32. The molecular formula is C18H29ClN4O3S. The Morgan fingerprint density at radius 2 is 1.59 bits per heavy atom. The molecule has 1 aliphatic heterocycles. The van der Waals surface area contributed by atoms with Gasteiger partial charge in [0, 0.05) is 50.5 Å². The van der Waals surface area contributed by atoms with E-state index in [4.69, 9.17) is 5.73 Å². The molecule has 0 radical (unpaired) electrons. The summed E-state index contributed by atoms with van der Waals surface area (Å²) in [5.41, 5.74) is 6.85. The van der Waals surface area contributed by atoms with Crippen LogP contribution in [0.2, 0.25) is 0 Å². The van der Waals surface area contributed by atoms with Gasteiger partial charge in [0.15, 0.2) is 0 Å². The Balaban J connectivity index is 0.00000261. The molecule has 152 valence electrons.